The summed E-state index contributed by atoms with van der Waals surface area (Å²) in [6, 6.07) is 18.5. The molecule has 0 radical (unpaired) electrons. The highest BCUT2D eigenvalue weighted by atomic mass is 127. The second-order valence-electron chi connectivity index (χ2n) is 9.72. The van der Waals surface area contributed by atoms with Crippen LogP contribution in [0.3, 0.4) is 0 Å². The molecule has 1 unspecified atom stereocenters. The third kappa shape index (κ3) is 5.97. The first-order valence-corrected chi connectivity index (χ1v) is 14.1. The number of hydrogen-bond donors (Lipinski definition) is 4. The van der Waals surface area contributed by atoms with Gasteiger partial charge in [-0.1, -0.05) is 49.4 Å². The van der Waals surface area contributed by atoms with Crippen molar-refractivity contribution in [1.29, 1.82) is 0 Å². The summed E-state index contributed by atoms with van der Waals surface area (Å²) in [6.07, 6.45) is 0.738. The third-order valence-electron chi connectivity index (χ3n) is 7.07. The fourth-order valence-corrected chi connectivity index (χ4v) is 5.35. The van der Waals surface area contributed by atoms with Gasteiger partial charge in [-0.05, 0) is 64.0 Å². The minimum atomic E-state index is -0.948. The van der Waals surface area contributed by atoms with Gasteiger partial charge in [0, 0.05) is 15.1 Å². The van der Waals surface area contributed by atoms with E-state index in [0.717, 1.165) is 9.13 Å². The van der Waals surface area contributed by atoms with Gasteiger partial charge in [-0.3, -0.25) is 9.69 Å². The number of aromatic nitrogens is 2. The van der Waals surface area contributed by atoms with Gasteiger partial charge in [0.2, 0.25) is 0 Å². The van der Waals surface area contributed by atoms with E-state index >= 15 is 0 Å². The maximum Gasteiger partial charge on any atom is 0.325 e. The minimum Gasteiger partial charge on any atom is -0.486 e. The smallest absolute Gasteiger partial charge is 0.325 e. The lowest BCUT2D eigenvalue weighted by molar-refractivity contribution is -0.129. The lowest BCUT2D eigenvalue weighted by Crippen LogP contribution is -2.38. The van der Waals surface area contributed by atoms with Crippen molar-refractivity contribution in [1.82, 2.24) is 20.2 Å². The third-order valence-corrected chi connectivity index (χ3v) is 7.74. The predicted octanol–water partition coefficient (Wildman–Crippen LogP) is 4.69. The lowest BCUT2D eigenvalue weighted by Gasteiger charge is -2.29. The van der Waals surface area contributed by atoms with Crippen LogP contribution in [0.4, 0.5) is 9.18 Å². The van der Waals surface area contributed by atoms with Crippen LogP contribution in [0.5, 0.6) is 5.75 Å². The average Bonchev–Trinajstić information content (AvgIpc) is 3.57. The molecule has 11 heteroatoms. The van der Waals surface area contributed by atoms with Crippen molar-refractivity contribution in [3.63, 3.8) is 0 Å². The summed E-state index contributed by atoms with van der Waals surface area (Å²) in [7, 11) is 0. The zero-order valence-corrected chi connectivity index (χ0v) is 24.2. The molecule has 3 aromatic carbocycles. The molecule has 41 heavy (non-hydrogen) atoms. The Morgan fingerprint density at radius 2 is 1.76 bits per heavy atom. The van der Waals surface area contributed by atoms with Gasteiger partial charge in [-0.25, -0.2) is 14.2 Å². The van der Waals surface area contributed by atoms with Crippen LogP contribution in [0.15, 0.2) is 79.0 Å². The number of aromatic amines is 1. The number of rotatable bonds is 10. The Morgan fingerprint density at radius 1 is 1.05 bits per heavy atom. The number of amides is 3. The van der Waals surface area contributed by atoms with Gasteiger partial charge >= 0.3 is 6.03 Å². The molecule has 3 atom stereocenters. The van der Waals surface area contributed by atoms with Gasteiger partial charge in [0.05, 0.1) is 25.1 Å². The van der Waals surface area contributed by atoms with Crippen molar-refractivity contribution in [2.45, 2.75) is 31.0 Å². The fraction of sp³-hybridized carbons (Fsp3) is 0.233. The van der Waals surface area contributed by atoms with Crippen LogP contribution in [0.25, 0.3) is 11.3 Å². The van der Waals surface area contributed by atoms with Gasteiger partial charge in [-0.2, -0.15) is 0 Å². The van der Waals surface area contributed by atoms with Crippen molar-refractivity contribution < 1.29 is 28.9 Å². The number of imide groups is 1. The Labute approximate surface area is 249 Å². The highest BCUT2D eigenvalue weighted by Crippen LogP contribution is 2.39. The molecule has 0 aliphatic carbocycles. The summed E-state index contributed by atoms with van der Waals surface area (Å²) in [6.45, 7) is 1.21. The van der Waals surface area contributed by atoms with Crippen molar-refractivity contribution in [2.75, 3.05) is 13.2 Å². The number of imidazole rings is 1. The monoisotopic (exact) mass is 670 g/mol. The molecule has 1 aliphatic heterocycles. The molecule has 2 heterocycles. The number of carbonyl (C=O) groups is 2. The predicted molar refractivity (Wildman–Crippen MR) is 157 cm³/mol. The van der Waals surface area contributed by atoms with Crippen LogP contribution < -0.4 is 10.1 Å². The van der Waals surface area contributed by atoms with Crippen LogP contribution in [0.2, 0.25) is 0 Å². The van der Waals surface area contributed by atoms with E-state index in [1.807, 2.05) is 59.8 Å². The number of nitrogens with zero attached hydrogens (tertiary/aromatic N) is 2. The lowest BCUT2D eigenvalue weighted by atomic mass is 9.91. The largest absolute Gasteiger partial charge is 0.486 e. The maximum absolute atomic E-state index is 14.8. The number of H-pyrrole nitrogens is 1. The van der Waals surface area contributed by atoms with Crippen molar-refractivity contribution in [3.8, 4) is 17.0 Å². The summed E-state index contributed by atoms with van der Waals surface area (Å²) in [5.74, 6) is -0.474. The van der Waals surface area contributed by atoms with Crippen LogP contribution >= 0.6 is 22.6 Å². The van der Waals surface area contributed by atoms with E-state index in [1.54, 1.807) is 36.4 Å². The number of nitrogens with one attached hydrogen (secondary N) is 2. The maximum atomic E-state index is 14.8. The van der Waals surface area contributed by atoms with Gasteiger partial charge in [0.15, 0.2) is 0 Å². The van der Waals surface area contributed by atoms with Crippen LogP contribution in [-0.4, -0.2) is 56.3 Å². The number of urea groups is 1. The van der Waals surface area contributed by atoms with E-state index in [1.165, 1.54) is 17.2 Å². The van der Waals surface area contributed by atoms with Gasteiger partial charge < -0.3 is 25.3 Å². The first-order valence-electron chi connectivity index (χ1n) is 13.0. The zero-order valence-electron chi connectivity index (χ0n) is 22.0. The van der Waals surface area contributed by atoms with Crippen molar-refractivity contribution >= 4 is 34.5 Å². The summed E-state index contributed by atoms with van der Waals surface area (Å²) < 4.78 is 21.0. The standard InChI is InChI=1S/C30H28FIN4O5/c1-17(18-5-3-2-4-6-18)27(28-33-14-25(34-28)23-12-9-20(32)13-24(23)31)36-29(39)26(35-30(36)40)19-7-10-21(11-8-19)41-22(15-37)16-38/h2-14,17,22,26-27,37-38H,15-16H2,1H3,(H,33,34)(H,35,40)/t17-,26?,27-/m0/s1. The second-order valence-corrected chi connectivity index (χ2v) is 11.0. The Bertz CT molecular complexity index is 1530. The summed E-state index contributed by atoms with van der Waals surface area (Å²) >= 11 is 2.04. The summed E-state index contributed by atoms with van der Waals surface area (Å²) in [5, 5.41) is 21.3. The highest BCUT2D eigenvalue weighted by Gasteiger charge is 2.46. The number of benzene rings is 3. The molecule has 0 spiro atoms. The normalized spacial score (nSPS) is 16.6. The Morgan fingerprint density at radius 3 is 2.41 bits per heavy atom. The Hall–Kier alpha value is -3.81. The van der Waals surface area contributed by atoms with E-state index in [-0.39, 0.29) is 19.1 Å². The van der Waals surface area contributed by atoms with Gasteiger partial charge in [0.1, 0.15) is 35.6 Å². The van der Waals surface area contributed by atoms with Crippen molar-refractivity contribution in [3.05, 3.63) is 105 Å². The number of carbonyl (C=O) groups excluding carboxylic acids is 2. The summed E-state index contributed by atoms with van der Waals surface area (Å²) in [5.41, 5.74) is 2.19. The number of halogens is 2. The molecule has 1 aromatic heterocycles. The minimum absolute atomic E-state index is 0.331. The molecule has 9 nitrogen and oxygen atoms in total. The van der Waals surface area contributed by atoms with Gasteiger partial charge in [0.25, 0.3) is 5.91 Å². The molecule has 1 aliphatic rings. The molecular weight excluding hydrogens is 642 g/mol. The second kappa shape index (κ2) is 12.4. The Kier molecular flexibility index (Phi) is 8.66. The van der Waals surface area contributed by atoms with E-state index < -0.39 is 35.9 Å². The van der Waals surface area contributed by atoms with Gasteiger partial charge in [-0.15, -0.1) is 0 Å². The van der Waals surface area contributed by atoms with Crippen LogP contribution in [0, 0.1) is 9.39 Å². The zero-order chi connectivity index (χ0) is 29.1. The average molecular weight is 670 g/mol. The number of aliphatic hydroxyl groups excluding tert-OH is 2. The molecule has 1 fully saturated rings. The molecule has 4 aromatic rings. The van der Waals surface area contributed by atoms with E-state index in [4.69, 9.17) is 4.74 Å². The molecule has 1 saturated heterocycles. The Balaban J connectivity index is 1.48. The SMILES string of the molecule is C[C@@H](c1ccccc1)[C@@H](c1ncc(-c2ccc(I)cc2F)[nH]1)N1C(=O)NC(c2ccc(OC(CO)CO)cc2)C1=O. The van der Waals surface area contributed by atoms with E-state index in [2.05, 4.69) is 15.3 Å². The fourth-order valence-electron chi connectivity index (χ4n) is 4.90. The van der Waals surface area contributed by atoms with Crippen LogP contribution in [0.1, 0.15) is 41.9 Å². The first-order chi connectivity index (χ1) is 19.8. The highest BCUT2D eigenvalue weighted by molar-refractivity contribution is 14.1. The number of ether oxygens (including phenoxy) is 1. The van der Waals surface area contributed by atoms with E-state index in [0.29, 0.717) is 28.4 Å². The molecular formula is C30H28FIN4O5. The molecule has 4 N–H and O–H groups in total. The van der Waals surface area contributed by atoms with E-state index in [9.17, 15) is 24.2 Å². The van der Waals surface area contributed by atoms with Crippen molar-refractivity contribution in [2.24, 2.45) is 0 Å². The summed E-state index contributed by atoms with van der Waals surface area (Å²) in [4.78, 5) is 36.1. The molecule has 0 bridgehead atoms. The first kappa shape index (κ1) is 28.7. The molecule has 0 saturated carbocycles. The molecule has 3 amide bonds. The quantitative estimate of drug-likeness (QED) is 0.143. The molecule has 212 valence electrons. The van der Waals surface area contributed by atoms with Crippen LogP contribution in [-0.2, 0) is 4.79 Å². The molecule has 5 rings (SSSR count). The number of hydrogen-bond acceptors (Lipinski definition) is 6. The number of aliphatic hydroxyl groups is 2. The topological polar surface area (TPSA) is 128 Å².